The van der Waals surface area contributed by atoms with Crippen LogP contribution in [0.5, 0.6) is 5.75 Å². The van der Waals surface area contributed by atoms with Crippen LogP contribution in [0.2, 0.25) is 5.02 Å². The Morgan fingerprint density at radius 1 is 1.37 bits per heavy atom. The standard InChI is InChI=1S/C17H11ClN4O4S/c18-12-1-3-15(4-2-12)26-9-16-20-13(10-27-16)7-21-8-14(22(24)25)5-11(6-19)17(21)23/h1-5,8,10H,7,9H2. The molecule has 0 N–H and O–H groups in total. The Morgan fingerprint density at radius 2 is 2.11 bits per heavy atom. The number of hydrogen-bond acceptors (Lipinski definition) is 7. The average Bonchev–Trinajstić information content (AvgIpc) is 3.10. The quantitative estimate of drug-likeness (QED) is 0.461. The van der Waals surface area contributed by atoms with Crippen LogP contribution >= 0.6 is 22.9 Å². The number of nitro groups is 1. The first-order valence-corrected chi connectivity index (χ1v) is 8.82. The van der Waals surface area contributed by atoms with Crippen molar-refractivity contribution in [3.8, 4) is 11.8 Å². The minimum Gasteiger partial charge on any atom is -0.486 e. The fourth-order valence-corrected chi connectivity index (χ4v) is 3.08. The molecule has 0 spiro atoms. The topological polar surface area (TPSA) is 111 Å². The molecule has 0 aliphatic rings. The van der Waals surface area contributed by atoms with Gasteiger partial charge in [0.2, 0.25) is 0 Å². The molecule has 3 aromatic rings. The predicted molar refractivity (Wildman–Crippen MR) is 99.1 cm³/mol. The van der Waals surface area contributed by atoms with Gasteiger partial charge < -0.3 is 9.30 Å². The Hall–Kier alpha value is -3.22. The second-order valence-electron chi connectivity index (χ2n) is 5.39. The molecule has 0 aliphatic heterocycles. The Bertz CT molecular complexity index is 1090. The zero-order valence-electron chi connectivity index (χ0n) is 13.7. The number of rotatable bonds is 6. The molecule has 10 heteroatoms. The number of halogens is 1. The Balaban J connectivity index is 1.75. The zero-order chi connectivity index (χ0) is 19.4. The third-order valence-electron chi connectivity index (χ3n) is 3.51. The molecule has 3 rings (SSSR count). The van der Waals surface area contributed by atoms with Gasteiger partial charge in [0.1, 0.15) is 29.0 Å². The van der Waals surface area contributed by atoms with Crippen molar-refractivity contribution in [3.63, 3.8) is 0 Å². The molecule has 0 saturated carbocycles. The molecule has 0 radical (unpaired) electrons. The van der Waals surface area contributed by atoms with Gasteiger partial charge in [0.25, 0.3) is 11.2 Å². The van der Waals surface area contributed by atoms with Gasteiger partial charge in [0, 0.05) is 16.5 Å². The highest BCUT2D eigenvalue weighted by Gasteiger charge is 2.15. The van der Waals surface area contributed by atoms with E-state index in [1.54, 1.807) is 35.7 Å². The second-order valence-corrected chi connectivity index (χ2v) is 6.77. The summed E-state index contributed by atoms with van der Waals surface area (Å²) in [5.41, 5.74) is -0.672. The molecule has 8 nitrogen and oxygen atoms in total. The van der Waals surface area contributed by atoms with E-state index in [0.717, 1.165) is 16.8 Å². The van der Waals surface area contributed by atoms with Gasteiger partial charge in [-0.1, -0.05) is 11.6 Å². The molecule has 0 fully saturated rings. The molecular formula is C17H11ClN4O4S. The van der Waals surface area contributed by atoms with Gasteiger partial charge in [-0.05, 0) is 24.3 Å². The van der Waals surface area contributed by atoms with Crippen LogP contribution in [0, 0.1) is 21.4 Å². The Kier molecular flexibility index (Phi) is 5.49. The molecule has 0 aliphatic carbocycles. The van der Waals surface area contributed by atoms with Crippen LogP contribution in [0.4, 0.5) is 5.69 Å². The Labute approximate surface area is 162 Å². The summed E-state index contributed by atoms with van der Waals surface area (Å²) in [5, 5.41) is 23.0. The van der Waals surface area contributed by atoms with Gasteiger partial charge in [0.05, 0.1) is 23.4 Å². The lowest BCUT2D eigenvalue weighted by Crippen LogP contribution is -2.23. The van der Waals surface area contributed by atoms with E-state index < -0.39 is 10.5 Å². The number of nitriles is 1. The van der Waals surface area contributed by atoms with Crippen LogP contribution in [-0.4, -0.2) is 14.5 Å². The van der Waals surface area contributed by atoms with E-state index in [1.807, 2.05) is 0 Å². The zero-order valence-corrected chi connectivity index (χ0v) is 15.2. The molecule has 0 amide bonds. The lowest BCUT2D eigenvalue weighted by atomic mass is 10.2. The van der Waals surface area contributed by atoms with Crippen molar-refractivity contribution in [3.05, 3.63) is 83.7 Å². The van der Waals surface area contributed by atoms with E-state index in [0.29, 0.717) is 21.5 Å². The SMILES string of the molecule is N#Cc1cc([N+](=O)[O-])cn(Cc2csc(COc3ccc(Cl)cc3)n2)c1=O. The molecule has 0 bridgehead atoms. The monoisotopic (exact) mass is 402 g/mol. The van der Waals surface area contributed by atoms with Crippen molar-refractivity contribution in [2.75, 3.05) is 0 Å². The summed E-state index contributed by atoms with van der Waals surface area (Å²) in [7, 11) is 0. The van der Waals surface area contributed by atoms with Gasteiger partial charge in [-0.3, -0.25) is 14.9 Å². The van der Waals surface area contributed by atoms with Crippen LogP contribution in [-0.2, 0) is 13.2 Å². The minimum absolute atomic E-state index is 0.0205. The number of thiazole rings is 1. The highest BCUT2D eigenvalue weighted by atomic mass is 35.5. The van der Waals surface area contributed by atoms with Crippen LogP contribution in [0.15, 0.2) is 46.7 Å². The molecule has 1 aromatic carbocycles. The first kappa shape index (κ1) is 18.6. The smallest absolute Gasteiger partial charge is 0.287 e. The van der Waals surface area contributed by atoms with Crippen LogP contribution in [0.25, 0.3) is 0 Å². The fraction of sp³-hybridized carbons (Fsp3) is 0.118. The summed E-state index contributed by atoms with van der Waals surface area (Å²) >= 11 is 7.16. The molecule has 27 heavy (non-hydrogen) atoms. The molecule has 0 unspecified atom stereocenters. The maximum atomic E-state index is 12.2. The lowest BCUT2D eigenvalue weighted by molar-refractivity contribution is -0.385. The largest absolute Gasteiger partial charge is 0.486 e. The van der Waals surface area contributed by atoms with E-state index in [2.05, 4.69) is 4.98 Å². The van der Waals surface area contributed by atoms with Gasteiger partial charge in [-0.15, -0.1) is 11.3 Å². The van der Waals surface area contributed by atoms with Crippen LogP contribution < -0.4 is 10.3 Å². The van der Waals surface area contributed by atoms with Crippen molar-refractivity contribution in [2.45, 2.75) is 13.2 Å². The van der Waals surface area contributed by atoms with E-state index in [4.69, 9.17) is 21.6 Å². The normalized spacial score (nSPS) is 10.4. The summed E-state index contributed by atoms with van der Waals surface area (Å²) < 4.78 is 6.72. The van der Waals surface area contributed by atoms with Crippen molar-refractivity contribution in [1.29, 1.82) is 5.26 Å². The third kappa shape index (κ3) is 4.49. The highest BCUT2D eigenvalue weighted by Crippen LogP contribution is 2.19. The average molecular weight is 403 g/mol. The van der Waals surface area contributed by atoms with Gasteiger partial charge in [-0.2, -0.15) is 5.26 Å². The maximum Gasteiger partial charge on any atom is 0.287 e. The summed E-state index contributed by atoms with van der Waals surface area (Å²) in [6, 6.07) is 9.55. The van der Waals surface area contributed by atoms with Crippen molar-refractivity contribution < 1.29 is 9.66 Å². The molecule has 0 saturated heterocycles. The van der Waals surface area contributed by atoms with E-state index in [1.165, 1.54) is 11.3 Å². The first-order chi connectivity index (χ1) is 13.0. The molecule has 0 atom stereocenters. The minimum atomic E-state index is -0.650. The number of nitrogens with zero attached hydrogens (tertiary/aromatic N) is 4. The second kappa shape index (κ2) is 7.99. The van der Waals surface area contributed by atoms with Gasteiger partial charge >= 0.3 is 0 Å². The van der Waals surface area contributed by atoms with E-state index in [-0.39, 0.29) is 24.4 Å². The number of benzene rings is 1. The summed E-state index contributed by atoms with van der Waals surface area (Å²) in [6.45, 7) is 0.256. The van der Waals surface area contributed by atoms with Crippen molar-refractivity contribution in [1.82, 2.24) is 9.55 Å². The maximum absolute atomic E-state index is 12.2. The van der Waals surface area contributed by atoms with E-state index >= 15 is 0 Å². The van der Waals surface area contributed by atoms with Crippen molar-refractivity contribution in [2.24, 2.45) is 0 Å². The highest BCUT2D eigenvalue weighted by molar-refractivity contribution is 7.09. The van der Waals surface area contributed by atoms with Gasteiger partial charge in [-0.25, -0.2) is 4.98 Å². The fourth-order valence-electron chi connectivity index (χ4n) is 2.26. The number of pyridine rings is 1. The van der Waals surface area contributed by atoms with Crippen LogP contribution in [0.1, 0.15) is 16.3 Å². The summed E-state index contributed by atoms with van der Waals surface area (Å²) in [4.78, 5) is 26.9. The van der Waals surface area contributed by atoms with Crippen molar-refractivity contribution >= 4 is 28.6 Å². The number of aromatic nitrogens is 2. The summed E-state index contributed by atoms with van der Waals surface area (Å²) in [6.07, 6.45) is 1.10. The molecular weight excluding hydrogens is 392 g/mol. The van der Waals surface area contributed by atoms with Crippen LogP contribution in [0.3, 0.4) is 0 Å². The first-order valence-electron chi connectivity index (χ1n) is 7.57. The number of hydrogen-bond donors (Lipinski definition) is 0. The third-order valence-corrected chi connectivity index (χ3v) is 4.63. The van der Waals surface area contributed by atoms with E-state index in [9.17, 15) is 14.9 Å². The Morgan fingerprint density at radius 3 is 2.78 bits per heavy atom. The summed E-state index contributed by atoms with van der Waals surface area (Å²) in [5.74, 6) is 0.643. The number of ether oxygens (including phenoxy) is 1. The lowest BCUT2D eigenvalue weighted by Gasteiger charge is -2.05. The molecule has 136 valence electrons. The molecule has 2 heterocycles. The molecule has 2 aromatic heterocycles. The predicted octanol–water partition coefficient (Wildman–Crippen LogP) is 3.37. The van der Waals surface area contributed by atoms with Gasteiger partial charge in [0.15, 0.2) is 0 Å².